The lowest BCUT2D eigenvalue weighted by Gasteiger charge is -2.24. The summed E-state index contributed by atoms with van der Waals surface area (Å²) in [5.41, 5.74) is 6.22. The zero-order valence-electron chi connectivity index (χ0n) is 10.5. The maximum atomic E-state index is 11.4. The fraction of sp³-hybridized carbons (Fsp3) is 1.00. The van der Waals surface area contributed by atoms with E-state index in [9.17, 15) is 8.42 Å². The lowest BCUT2D eigenvalue weighted by Crippen LogP contribution is -2.37. The molecule has 3 nitrogen and oxygen atoms in total. The highest BCUT2D eigenvalue weighted by atomic mass is 32.2. The van der Waals surface area contributed by atoms with Gasteiger partial charge >= 0.3 is 0 Å². The van der Waals surface area contributed by atoms with Gasteiger partial charge in [0, 0.05) is 11.3 Å². The van der Waals surface area contributed by atoms with E-state index in [4.69, 9.17) is 5.73 Å². The van der Waals surface area contributed by atoms with E-state index in [1.807, 2.05) is 0 Å². The minimum absolute atomic E-state index is 0.0794. The van der Waals surface area contributed by atoms with Crippen LogP contribution < -0.4 is 5.73 Å². The van der Waals surface area contributed by atoms with E-state index in [-0.39, 0.29) is 11.3 Å². The standard InChI is InChI=1S/C12H25NO2S/c1-3-11-6-8-12(13,10-11)7-5-9-16(14,15)4-2/h11H,3-10,13H2,1-2H3. The van der Waals surface area contributed by atoms with Crippen molar-refractivity contribution in [2.24, 2.45) is 11.7 Å². The van der Waals surface area contributed by atoms with Crippen LogP contribution in [0, 0.1) is 5.92 Å². The summed E-state index contributed by atoms with van der Waals surface area (Å²) in [5.74, 6) is 1.31. The number of rotatable bonds is 6. The Balaban J connectivity index is 2.33. The second-order valence-corrected chi connectivity index (χ2v) is 7.69. The van der Waals surface area contributed by atoms with Crippen LogP contribution in [-0.2, 0) is 9.84 Å². The lowest BCUT2D eigenvalue weighted by molar-refractivity contribution is 0.379. The summed E-state index contributed by atoms with van der Waals surface area (Å²) in [6, 6.07) is 0. The van der Waals surface area contributed by atoms with Crippen molar-refractivity contribution in [1.29, 1.82) is 0 Å². The third-order valence-electron chi connectivity index (χ3n) is 3.89. The van der Waals surface area contributed by atoms with Gasteiger partial charge in [0.25, 0.3) is 0 Å². The van der Waals surface area contributed by atoms with E-state index in [0.29, 0.717) is 5.75 Å². The molecule has 0 spiro atoms. The molecular weight excluding hydrogens is 222 g/mol. The molecule has 96 valence electrons. The van der Waals surface area contributed by atoms with Gasteiger partial charge in [0.2, 0.25) is 0 Å². The molecule has 1 rings (SSSR count). The van der Waals surface area contributed by atoms with Gasteiger partial charge in [-0.3, -0.25) is 0 Å². The largest absolute Gasteiger partial charge is 0.325 e. The third kappa shape index (κ3) is 4.06. The summed E-state index contributed by atoms with van der Waals surface area (Å²) in [6.07, 6.45) is 6.15. The van der Waals surface area contributed by atoms with Crippen LogP contribution in [0.5, 0.6) is 0 Å². The second kappa shape index (κ2) is 5.50. The van der Waals surface area contributed by atoms with Crippen molar-refractivity contribution >= 4 is 9.84 Å². The lowest BCUT2D eigenvalue weighted by atomic mass is 9.91. The van der Waals surface area contributed by atoms with E-state index in [2.05, 4.69) is 6.92 Å². The van der Waals surface area contributed by atoms with E-state index >= 15 is 0 Å². The second-order valence-electron chi connectivity index (χ2n) is 5.22. The Morgan fingerprint density at radius 3 is 2.56 bits per heavy atom. The number of hydrogen-bond donors (Lipinski definition) is 1. The average molecular weight is 247 g/mol. The minimum Gasteiger partial charge on any atom is -0.325 e. The Bertz CT molecular complexity index is 313. The van der Waals surface area contributed by atoms with Crippen LogP contribution in [0.15, 0.2) is 0 Å². The number of nitrogens with two attached hydrogens (primary N) is 1. The first-order valence-corrected chi connectivity index (χ1v) is 8.22. The van der Waals surface area contributed by atoms with Crippen LogP contribution in [0.3, 0.4) is 0 Å². The van der Waals surface area contributed by atoms with Gasteiger partial charge in [0.1, 0.15) is 9.84 Å². The molecule has 2 N–H and O–H groups in total. The van der Waals surface area contributed by atoms with Crippen LogP contribution >= 0.6 is 0 Å². The van der Waals surface area contributed by atoms with Gasteiger partial charge in [0.05, 0.1) is 5.75 Å². The van der Waals surface area contributed by atoms with Crippen molar-refractivity contribution < 1.29 is 8.42 Å². The molecule has 0 amide bonds. The van der Waals surface area contributed by atoms with E-state index in [0.717, 1.165) is 31.6 Å². The summed E-state index contributed by atoms with van der Waals surface area (Å²) >= 11 is 0. The van der Waals surface area contributed by atoms with Gasteiger partial charge in [-0.15, -0.1) is 0 Å². The van der Waals surface area contributed by atoms with Gasteiger partial charge in [-0.05, 0) is 38.0 Å². The van der Waals surface area contributed by atoms with E-state index in [1.54, 1.807) is 6.92 Å². The van der Waals surface area contributed by atoms with E-state index in [1.165, 1.54) is 12.8 Å². The Kier molecular flexibility index (Phi) is 4.80. The quantitative estimate of drug-likeness (QED) is 0.782. The Hall–Kier alpha value is -0.0900. The molecule has 2 atom stereocenters. The summed E-state index contributed by atoms with van der Waals surface area (Å²) in [6.45, 7) is 3.91. The highest BCUT2D eigenvalue weighted by molar-refractivity contribution is 7.91. The molecule has 0 aliphatic heterocycles. The SMILES string of the molecule is CCC1CCC(N)(CCCS(=O)(=O)CC)C1. The first-order valence-electron chi connectivity index (χ1n) is 6.40. The molecule has 0 aromatic rings. The topological polar surface area (TPSA) is 60.2 Å². The van der Waals surface area contributed by atoms with Crippen molar-refractivity contribution in [3.8, 4) is 0 Å². The Morgan fingerprint density at radius 1 is 1.38 bits per heavy atom. The molecule has 1 saturated carbocycles. The van der Waals surface area contributed by atoms with Gasteiger partial charge in [-0.2, -0.15) is 0 Å². The highest BCUT2D eigenvalue weighted by Gasteiger charge is 2.34. The van der Waals surface area contributed by atoms with E-state index < -0.39 is 9.84 Å². The van der Waals surface area contributed by atoms with Gasteiger partial charge in [-0.1, -0.05) is 20.3 Å². The van der Waals surface area contributed by atoms with Crippen LogP contribution in [0.1, 0.15) is 52.4 Å². The smallest absolute Gasteiger partial charge is 0.150 e. The Labute approximate surface area is 99.7 Å². The molecule has 16 heavy (non-hydrogen) atoms. The van der Waals surface area contributed by atoms with Crippen LogP contribution in [0.2, 0.25) is 0 Å². The zero-order chi connectivity index (χ0) is 12.2. The average Bonchev–Trinajstić information content (AvgIpc) is 2.60. The van der Waals surface area contributed by atoms with Crippen molar-refractivity contribution in [2.45, 2.75) is 57.9 Å². The number of sulfone groups is 1. The molecule has 0 saturated heterocycles. The fourth-order valence-electron chi connectivity index (χ4n) is 2.63. The summed E-state index contributed by atoms with van der Waals surface area (Å²) in [4.78, 5) is 0. The summed E-state index contributed by atoms with van der Waals surface area (Å²) in [5, 5.41) is 0. The number of hydrogen-bond acceptors (Lipinski definition) is 3. The molecule has 2 unspecified atom stereocenters. The molecule has 0 radical (unpaired) electrons. The molecule has 1 aliphatic rings. The maximum Gasteiger partial charge on any atom is 0.150 e. The zero-order valence-corrected chi connectivity index (χ0v) is 11.4. The van der Waals surface area contributed by atoms with Crippen molar-refractivity contribution in [2.75, 3.05) is 11.5 Å². The molecule has 0 aromatic carbocycles. The molecule has 0 aromatic heterocycles. The normalized spacial score (nSPS) is 30.8. The van der Waals surface area contributed by atoms with Crippen molar-refractivity contribution in [1.82, 2.24) is 0 Å². The molecule has 1 fully saturated rings. The predicted molar refractivity (Wildman–Crippen MR) is 68.1 cm³/mol. The minimum atomic E-state index is -2.81. The summed E-state index contributed by atoms with van der Waals surface area (Å²) in [7, 11) is -2.81. The third-order valence-corrected chi connectivity index (χ3v) is 5.68. The summed E-state index contributed by atoms with van der Waals surface area (Å²) < 4.78 is 22.7. The first kappa shape index (κ1) is 14.0. The highest BCUT2D eigenvalue weighted by Crippen LogP contribution is 2.37. The van der Waals surface area contributed by atoms with Crippen LogP contribution in [-0.4, -0.2) is 25.5 Å². The van der Waals surface area contributed by atoms with Crippen LogP contribution in [0.4, 0.5) is 0 Å². The molecule has 0 bridgehead atoms. The molecule has 0 heterocycles. The molecule has 1 aliphatic carbocycles. The van der Waals surface area contributed by atoms with Gasteiger partial charge < -0.3 is 5.73 Å². The van der Waals surface area contributed by atoms with Crippen LogP contribution in [0.25, 0.3) is 0 Å². The first-order chi connectivity index (χ1) is 7.41. The van der Waals surface area contributed by atoms with Gasteiger partial charge in [-0.25, -0.2) is 8.42 Å². The van der Waals surface area contributed by atoms with Crippen molar-refractivity contribution in [3.63, 3.8) is 0 Å². The maximum absolute atomic E-state index is 11.4. The molecule has 4 heteroatoms. The fourth-order valence-corrected chi connectivity index (χ4v) is 3.51. The van der Waals surface area contributed by atoms with Crippen molar-refractivity contribution in [3.05, 3.63) is 0 Å². The monoisotopic (exact) mass is 247 g/mol. The predicted octanol–water partition coefficient (Wildman–Crippen LogP) is 2.11. The molecular formula is C12H25NO2S. The van der Waals surface area contributed by atoms with Gasteiger partial charge in [0.15, 0.2) is 0 Å². The Morgan fingerprint density at radius 2 is 2.06 bits per heavy atom.